The third kappa shape index (κ3) is 4.72. The summed E-state index contributed by atoms with van der Waals surface area (Å²) in [6.45, 7) is 0.138. The highest BCUT2D eigenvalue weighted by Gasteiger charge is 2.27. The molecule has 0 aliphatic carbocycles. The Morgan fingerprint density at radius 2 is 2.05 bits per heavy atom. The topological polar surface area (TPSA) is 79.4 Å². The number of nitrogens with two attached hydrogens (primary N) is 1. The second kappa shape index (κ2) is 6.60. The molecule has 114 valence electrons. The Hall–Kier alpha value is -1.77. The van der Waals surface area contributed by atoms with E-state index in [2.05, 4.69) is 9.84 Å². The van der Waals surface area contributed by atoms with Crippen molar-refractivity contribution in [3.63, 3.8) is 0 Å². The highest BCUT2D eigenvalue weighted by Crippen LogP contribution is 2.16. The van der Waals surface area contributed by atoms with Crippen LogP contribution in [0.5, 0.6) is 0 Å². The van der Waals surface area contributed by atoms with Gasteiger partial charge in [-0.15, -0.1) is 0 Å². The Labute approximate surface area is 113 Å². The summed E-state index contributed by atoms with van der Waals surface area (Å²) in [5.74, 6) is -0.665. The molecule has 0 aromatic carbocycles. The van der Waals surface area contributed by atoms with Gasteiger partial charge in [0.1, 0.15) is 6.61 Å². The van der Waals surface area contributed by atoms with Crippen molar-refractivity contribution in [3.8, 4) is 0 Å². The number of carbonyl (C=O) groups excluding carboxylic acids is 1. The smallest absolute Gasteiger partial charge is 0.411 e. The molecule has 6 nitrogen and oxygen atoms in total. The van der Waals surface area contributed by atoms with Crippen molar-refractivity contribution in [3.05, 3.63) is 11.4 Å². The highest BCUT2D eigenvalue weighted by molar-refractivity contribution is 5.93. The molecule has 0 fully saturated rings. The lowest BCUT2D eigenvalue weighted by Gasteiger charge is -2.08. The SMILES string of the molecule is Cc1nn(C)c(C(=O)OCCCOCC(F)(F)F)c1N. The summed E-state index contributed by atoms with van der Waals surface area (Å²) in [6.07, 6.45) is -4.18. The molecule has 20 heavy (non-hydrogen) atoms. The molecule has 0 radical (unpaired) electrons. The first-order valence-corrected chi connectivity index (χ1v) is 5.83. The number of esters is 1. The third-order valence-corrected chi connectivity index (χ3v) is 2.39. The van der Waals surface area contributed by atoms with Gasteiger partial charge >= 0.3 is 12.1 Å². The lowest BCUT2D eigenvalue weighted by atomic mass is 10.3. The quantitative estimate of drug-likeness (QED) is 0.634. The number of rotatable bonds is 6. The van der Waals surface area contributed by atoms with E-state index in [9.17, 15) is 18.0 Å². The molecule has 9 heteroatoms. The largest absolute Gasteiger partial charge is 0.461 e. The maximum atomic E-state index is 11.8. The predicted molar refractivity (Wildman–Crippen MR) is 64.1 cm³/mol. The first-order chi connectivity index (χ1) is 9.22. The van der Waals surface area contributed by atoms with Gasteiger partial charge in [0.25, 0.3) is 0 Å². The minimum atomic E-state index is -4.35. The van der Waals surface area contributed by atoms with E-state index in [0.717, 1.165) is 0 Å². The Morgan fingerprint density at radius 3 is 2.55 bits per heavy atom. The molecule has 1 rings (SSSR count). The zero-order chi connectivity index (χ0) is 15.3. The van der Waals surface area contributed by atoms with Gasteiger partial charge < -0.3 is 15.2 Å². The van der Waals surface area contributed by atoms with E-state index in [1.165, 1.54) is 4.68 Å². The van der Waals surface area contributed by atoms with E-state index in [1.54, 1.807) is 14.0 Å². The van der Waals surface area contributed by atoms with E-state index in [-0.39, 0.29) is 31.0 Å². The number of aryl methyl sites for hydroxylation is 2. The first-order valence-electron chi connectivity index (χ1n) is 5.83. The number of alkyl halides is 3. The molecule has 0 unspecified atom stereocenters. The van der Waals surface area contributed by atoms with Crippen LogP contribution in [0.4, 0.5) is 18.9 Å². The summed E-state index contributed by atoms with van der Waals surface area (Å²) < 4.78 is 45.9. The lowest BCUT2D eigenvalue weighted by Crippen LogP contribution is -2.18. The van der Waals surface area contributed by atoms with Gasteiger partial charge in [-0.1, -0.05) is 0 Å². The molecule has 1 aromatic heterocycles. The molecule has 1 aromatic rings. The minimum absolute atomic E-state index is 0.0552. The molecule has 0 spiro atoms. The zero-order valence-corrected chi connectivity index (χ0v) is 11.2. The van der Waals surface area contributed by atoms with Gasteiger partial charge in [-0.2, -0.15) is 18.3 Å². The Morgan fingerprint density at radius 1 is 1.40 bits per heavy atom. The van der Waals surface area contributed by atoms with Gasteiger partial charge in [-0.05, 0) is 6.92 Å². The Bertz CT molecular complexity index is 471. The van der Waals surface area contributed by atoms with Crippen LogP contribution in [0.3, 0.4) is 0 Å². The summed E-state index contributed by atoms with van der Waals surface area (Å²) in [6, 6.07) is 0. The summed E-state index contributed by atoms with van der Waals surface area (Å²) in [5.41, 5.74) is 6.53. The van der Waals surface area contributed by atoms with Gasteiger partial charge in [0, 0.05) is 13.5 Å². The molecule has 1 heterocycles. The van der Waals surface area contributed by atoms with Crippen molar-refractivity contribution in [2.75, 3.05) is 25.6 Å². The molecule has 0 bridgehead atoms. The van der Waals surface area contributed by atoms with Crippen LogP contribution >= 0.6 is 0 Å². The predicted octanol–water partition coefficient (Wildman–Crippen LogP) is 1.44. The van der Waals surface area contributed by atoms with Crippen LogP contribution < -0.4 is 5.73 Å². The van der Waals surface area contributed by atoms with Crippen LogP contribution in [-0.4, -0.2) is 41.7 Å². The van der Waals surface area contributed by atoms with Crippen LogP contribution in [-0.2, 0) is 16.5 Å². The summed E-state index contributed by atoms with van der Waals surface area (Å²) in [5, 5.41) is 3.96. The van der Waals surface area contributed by atoms with Crippen LogP contribution in [0.25, 0.3) is 0 Å². The molecule has 2 N–H and O–H groups in total. The van der Waals surface area contributed by atoms with E-state index in [1.807, 2.05) is 0 Å². The number of halogens is 3. The summed E-state index contributed by atoms with van der Waals surface area (Å²) in [4.78, 5) is 11.7. The van der Waals surface area contributed by atoms with Crippen LogP contribution in [0.1, 0.15) is 22.6 Å². The molecule has 0 saturated carbocycles. The lowest BCUT2D eigenvalue weighted by molar-refractivity contribution is -0.174. The first kappa shape index (κ1) is 16.3. The monoisotopic (exact) mass is 295 g/mol. The fourth-order valence-electron chi connectivity index (χ4n) is 1.50. The van der Waals surface area contributed by atoms with E-state index in [4.69, 9.17) is 10.5 Å². The Balaban J connectivity index is 2.31. The fourth-order valence-corrected chi connectivity index (χ4v) is 1.50. The van der Waals surface area contributed by atoms with Gasteiger partial charge in [-0.3, -0.25) is 4.68 Å². The van der Waals surface area contributed by atoms with Crippen LogP contribution in [0.2, 0.25) is 0 Å². The van der Waals surface area contributed by atoms with E-state index < -0.39 is 18.8 Å². The van der Waals surface area contributed by atoms with Crippen LogP contribution in [0.15, 0.2) is 0 Å². The normalized spacial score (nSPS) is 11.7. The second-order valence-corrected chi connectivity index (χ2v) is 4.13. The molecule has 0 aliphatic rings. The van der Waals surface area contributed by atoms with Gasteiger partial charge in [0.15, 0.2) is 5.69 Å². The molecule has 0 amide bonds. The second-order valence-electron chi connectivity index (χ2n) is 4.13. The average molecular weight is 295 g/mol. The zero-order valence-electron chi connectivity index (χ0n) is 11.2. The van der Waals surface area contributed by atoms with Gasteiger partial charge in [0.2, 0.25) is 0 Å². The standard InChI is InChI=1S/C11H16F3N3O3/c1-7-8(15)9(17(2)16-7)10(18)20-5-3-4-19-6-11(12,13)14/h3-6,15H2,1-2H3. The minimum Gasteiger partial charge on any atom is -0.461 e. The number of nitrogen functional groups attached to an aromatic ring is 1. The van der Waals surface area contributed by atoms with Crippen molar-refractivity contribution in [1.82, 2.24) is 9.78 Å². The van der Waals surface area contributed by atoms with Gasteiger partial charge in [-0.25, -0.2) is 4.79 Å². The number of anilines is 1. The summed E-state index contributed by atoms with van der Waals surface area (Å²) >= 11 is 0. The number of ether oxygens (including phenoxy) is 2. The highest BCUT2D eigenvalue weighted by atomic mass is 19.4. The van der Waals surface area contributed by atoms with Crippen molar-refractivity contribution in [2.45, 2.75) is 19.5 Å². The van der Waals surface area contributed by atoms with Crippen LogP contribution in [0, 0.1) is 6.92 Å². The van der Waals surface area contributed by atoms with Crippen molar-refractivity contribution < 1.29 is 27.4 Å². The van der Waals surface area contributed by atoms with Gasteiger partial charge in [0.05, 0.1) is 24.6 Å². The van der Waals surface area contributed by atoms with Crippen molar-refractivity contribution in [2.24, 2.45) is 7.05 Å². The molecule has 0 aliphatic heterocycles. The average Bonchev–Trinajstić information content (AvgIpc) is 2.56. The molecule has 0 atom stereocenters. The maximum Gasteiger partial charge on any atom is 0.411 e. The fraction of sp³-hybridized carbons (Fsp3) is 0.636. The maximum absolute atomic E-state index is 11.8. The molecular formula is C11H16F3N3O3. The number of carbonyl (C=O) groups is 1. The van der Waals surface area contributed by atoms with Crippen molar-refractivity contribution >= 4 is 11.7 Å². The molecule has 0 saturated heterocycles. The third-order valence-electron chi connectivity index (χ3n) is 2.39. The van der Waals surface area contributed by atoms with Crippen molar-refractivity contribution in [1.29, 1.82) is 0 Å². The Kier molecular flexibility index (Phi) is 5.37. The number of hydrogen-bond acceptors (Lipinski definition) is 5. The van der Waals surface area contributed by atoms with E-state index in [0.29, 0.717) is 5.69 Å². The number of aromatic nitrogens is 2. The van der Waals surface area contributed by atoms with E-state index >= 15 is 0 Å². The number of nitrogens with zero attached hydrogens (tertiary/aromatic N) is 2. The molecular weight excluding hydrogens is 279 g/mol. The number of hydrogen-bond donors (Lipinski definition) is 1. The summed E-state index contributed by atoms with van der Waals surface area (Å²) in [7, 11) is 1.55.